The van der Waals surface area contributed by atoms with Crippen molar-refractivity contribution in [3.8, 4) is 0 Å². The Morgan fingerprint density at radius 3 is 2.43 bits per heavy atom. The second-order valence-electron chi connectivity index (χ2n) is 7.13. The normalized spacial score (nSPS) is 28.9. The third-order valence-corrected chi connectivity index (χ3v) is 5.07. The van der Waals surface area contributed by atoms with Crippen LogP contribution in [0.3, 0.4) is 0 Å². The molecule has 0 aromatic rings. The topological polar surface area (TPSA) is 27.7 Å². The number of nitrogens with zero attached hydrogens (tertiary/aromatic N) is 2. The highest BCUT2D eigenvalue weighted by atomic mass is 16.5. The van der Waals surface area contributed by atoms with Gasteiger partial charge in [-0.15, -0.1) is 0 Å². The molecule has 0 spiro atoms. The smallest absolute Gasteiger partial charge is 0.0707 e. The summed E-state index contributed by atoms with van der Waals surface area (Å²) < 4.78 is 6.20. The average molecular weight is 297 g/mol. The van der Waals surface area contributed by atoms with Crippen LogP contribution in [-0.2, 0) is 4.74 Å². The van der Waals surface area contributed by atoms with Crippen LogP contribution in [-0.4, -0.2) is 73.9 Å². The third-order valence-electron chi connectivity index (χ3n) is 5.07. The highest BCUT2D eigenvalue weighted by Crippen LogP contribution is 2.22. The molecule has 2 fully saturated rings. The lowest BCUT2D eigenvalue weighted by Gasteiger charge is -2.37. The van der Waals surface area contributed by atoms with Gasteiger partial charge in [0.05, 0.1) is 12.2 Å². The summed E-state index contributed by atoms with van der Waals surface area (Å²) in [5, 5.41) is 3.49. The third kappa shape index (κ3) is 5.51. The molecule has 2 aliphatic heterocycles. The van der Waals surface area contributed by atoms with Crippen LogP contribution >= 0.6 is 0 Å². The van der Waals surface area contributed by atoms with Gasteiger partial charge in [-0.3, -0.25) is 0 Å². The second kappa shape index (κ2) is 8.47. The fourth-order valence-corrected chi connectivity index (χ4v) is 3.58. The summed E-state index contributed by atoms with van der Waals surface area (Å²) in [7, 11) is 2.29. The molecule has 0 saturated carbocycles. The van der Waals surface area contributed by atoms with Crippen molar-refractivity contribution in [1.29, 1.82) is 0 Å². The molecule has 0 bridgehead atoms. The molecule has 2 saturated heterocycles. The Morgan fingerprint density at radius 2 is 1.81 bits per heavy atom. The Hall–Kier alpha value is -0.160. The molecule has 0 aliphatic carbocycles. The number of piperidine rings is 1. The van der Waals surface area contributed by atoms with Crippen LogP contribution in [0.1, 0.15) is 46.5 Å². The Kier molecular flexibility index (Phi) is 6.93. The molecule has 2 atom stereocenters. The zero-order valence-electron chi connectivity index (χ0n) is 14.5. The molecule has 21 heavy (non-hydrogen) atoms. The van der Waals surface area contributed by atoms with Gasteiger partial charge in [-0.25, -0.2) is 0 Å². The molecular formula is C17H35N3O. The van der Waals surface area contributed by atoms with E-state index in [2.05, 4.69) is 42.9 Å². The first-order chi connectivity index (χ1) is 10.1. The number of hydrogen-bond donors (Lipinski definition) is 1. The monoisotopic (exact) mass is 297 g/mol. The molecule has 0 radical (unpaired) electrons. The van der Waals surface area contributed by atoms with E-state index in [4.69, 9.17) is 4.74 Å². The van der Waals surface area contributed by atoms with E-state index in [1.54, 1.807) is 0 Å². The average Bonchev–Trinajstić information content (AvgIpc) is 2.92. The van der Waals surface area contributed by atoms with Crippen LogP contribution < -0.4 is 5.32 Å². The van der Waals surface area contributed by atoms with Gasteiger partial charge in [-0.05, 0) is 52.4 Å². The molecule has 124 valence electrons. The zero-order chi connectivity index (χ0) is 15.2. The molecule has 4 heteroatoms. The SMILES string of the molecule is CCN1CCC(N(C)CC2CCC(CNC(C)C)O2)CC1. The fourth-order valence-electron chi connectivity index (χ4n) is 3.58. The predicted molar refractivity (Wildman–Crippen MR) is 88.8 cm³/mol. The minimum absolute atomic E-state index is 0.424. The minimum Gasteiger partial charge on any atom is -0.372 e. The highest BCUT2D eigenvalue weighted by molar-refractivity contribution is 4.82. The maximum absolute atomic E-state index is 6.20. The maximum Gasteiger partial charge on any atom is 0.0707 e. The number of rotatable bonds is 7. The standard InChI is InChI=1S/C17H35N3O/c1-5-20-10-8-15(9-11-20)19(4)13-17-7-6-16(21-17)12-18-14(2)3/h14-18H,5-13H2,1-4H3. The lowest BCUT2D eigenvalue weighted by Crippen LogP contribution is -2.45. The number of hydrogen-bond acceptors (Lipinski definition) is 4. The van der Waals surface area contributed by atoms with E-state index in [1.807, 2.05) is 0 Å². The quantitative estimate of drug-likeness (QED) is 0.777. The molecule has 0 aromatic heterocycles. The van der Waals surface area contributed by atoms with Gasteiger partial charge in [0.2, 0.25) is 0 Å². The van der Waals surface area contributed by atoms with Gasteiger partial charge in [0.1, 0.15) is 0 Å². The summed E-state index contributed by atoms with van der Waals surface area (Å²) in [6, 6.07) is 1.31. The lowest BCUT2D eigenvalue weighted by molar-refractivity contribution is 0.0130. The summed E-state index contributed by atoms with van der Waals surface area (Å²) in [6.45, 7) is 12.5. The zero-order valence-corrected chi connectivity index (χ0v) is 14.5. The molecule has 0 aromatic carbocycles. The number of ether oxygens (including phenoxy) is 1. The van der Waals surface area contributed by atoms with Crippen LogP contribution in [0.4, 0.5) is 0 Å². The van der Waals surface area contributed by atoms with Crippen LogP contribution in [0.2, 0.25) is 0 Å². The lowest BCUT2D eigenvalue weighted by atomic mass is 10.0. The van der Waals surface area contributed by atoms with Crippen molar-refractivity contribution < 1.29 is 4.74 Å². The van der Waals surface area contributed by atoms with E-state index in [9.17, 15) is 0 Å². The van der Waals surface area contributed by atoms with Gasteiger partial charge >= 0.3 is 0 Å². The highest BCUT2D eigenvalue weighted by Gasteiger charge is 2.29. The maximum atomic E-state index is 6.20. The summed E-state index contributed by atoms with van der Waals surface area (Å²) >= 11 is 0. The van der Waals surface area contributed by atoms with Gasteiger partial charge in [-0.2, -0.15) is 0 Å². The van der Waals surface area contributed by atoms with Crippen molar-refractivity contribution in [2.24, 2.45) is 0 Å². The minimum atomic E-state index is 0.424. The Labute approximate surface area is 131 Å². The van der Waals surface area contributed by atoms with Gasteiger partial charge in [0, 0.05) is 25.2 Å². The Bertz CT molecular complexity index is 290. The molecule has 2 rings (SSSR count). The van der Waals surface area contributed by atoms with Crippen LogP contribution in [0.25, 0.3) is 0 Å². The van der Waals surface area contributed by atoms with Crippen molar-refractivity contribution in [2.45, 2.75) is 70.7 Å². The summed E-state index contributed by atoms with van der Waals surface area (Å²) in [6.07, 6.45) is 5.94. The van der Waals surface area contributed by atoms with Crippen LogP contribution in [0, 0.1) is 0 Å². The number of likely N-dealkylation sites (N-methyl/N-ethyl adjacent to an activating group) is 1. The van der Waals surface area contributed by atoms with Crippen molar-refractivity contribution in [3.05, 3.63) is 0 Å². The first-order valence-corrected chi connectivity index (χ1v) is 8.90. The van der Waals surface area contributed by atoms with E-state index in [0.29, 0.717) is 18.2 Å². The Balaban J connectivity index is 1.66. The van der Waals surface area contributed by atoms with E-state index >= 15 is 0 Å². The van der Waals surface area contributed by atoms with Crippen LogP contribution in [0.5, 0.6) is 0 Å². The largest absolute Gasteiger partial charge is 0.372 e. The first kappa shape index (κ1) is 17.2. The number of likely N-dealkylation sites (tertiary alicyclic amines) is 1. The van der Waals surface area contributed by atoms with Crippen molar-refractivity contribution in [1.82, 2.24) is 15.1 Å². The molecule has 2 aliphatic rings. The molecule has 2 unspecified atom stereocenters. The second-order valence-corrected chi connectivity index (χ2v) is 7.13. The number of nitrogens with one attached hydrogen (secondary N) is 1. The van der Waals surface area contributed by atoms with Gasteiger partial charge < -0.3 is 19.9 Å². The predicted octanol–water partition coefficient (Wildman–Crippen LogP) is 1.95. The van der Waals surface area contributed by atoms with Crippen molar-refractivity contribution >= 4 is 0 Å². The van der Waals surface area contributed by atoms with E-state index in [0.717, 1.165) is 19.1 Å². The molecule has 1 N–H and O–H groups in total. The van der Waals surface area contributed by atoms with Crippen molar-refractivity contribution in [3.63, 3.8) is 0 Å². The first-order valence-electron chi connectivity index (χ1n) is 8.90. The van der Waals surface area contributed by atoms with Gasteiger partial charge in [0.25, 0.3) is 0 Å². The van der Waals surface area contributed by atoms with E-state index in [1.165, 1.54) is 45.3 Å². The van der Waals surface area contributed by atoms with E-state index < -0.39 is 0 Å². The molecule has 0 amide bonds. The summed E-state index contributed by atoms with van der Waals surface area (Å²) in [5.74, 6) is 0. The van der Waals surface area contributed by atoms with E-state index in [-0.39, 0.29) is 0 Å². The summed E-state index contributed by atoms with van der Waals surface area (Å²) in [4.78, 5) is 5.11. The summed E-state index contributed by atoms with van der Waals surface area (Å²) in [5.41, 5.74) is 0. The van der Waals surface area contributed by atoms with Crippen molar-refractivity contribution in [2.75, 3.05) is 39.8 Å². The molecular weight excluding hydrogens is 262 g/mol. The molecule has 2 heterocycles. The molecule has 4 nitrogen and oxygen atoms in total. The van der Waals surface area contributed by atoms with Crippen LogP contribution in [0.15, 0.2) is 0 Å². The van der Waals surface area contributed by atoms with Gasteiger partial charge in [0.15, 0.2) is 0 Å². The Morgan fingerprint density at radius 1 is 1.14 bits per heavy atom. The fraction of sp³-hybridized carbons (Fsp3) is 1.00. The van der Waals surface area contributed by atoms with Gasteiger partial charge in [-0.1, -0.05) is 20.8 Å².